The lowest BCUT2D eigenvalue weighted by atomic mass is 9.82. The second-order valence-corrected chi connectivity index (χ2v) is 4.83. The number of rotatable bonds is 5. The van der Waals surface area contributed by atoms with Crippen molar-refractivity contribution in [3.05, 3.63) is 0 Å². The lowest BCUT2D eigenvalue weighted by Crippen LogP contribution is -2.36. The molecule has 84 valence electrons. The van der Waals surface area contributed by atoms with Crippen LogP contribution in [0.1, 0.15) is 46.0 Å². The molecule has 1 saturated carbocycles. The van der Waals surface area contributed by atoms with Gasteiger partial charge in [-0.1, -0.05) is 26.7 Å². The highest BCUT2D eigenvalue weighted by atomic mass is 16.3. The van der Waals surface area contributed by atoms with Crippen molar-refractivity contribution in [2.45, 2.75) is 52.0 Å². The van der Waals surface area contributed by atoms with Crippen LogP contribution in [0.5, 0.6) is 0 Å². The van der Waals surface area contributed by atoms with E-state index in [1.54, 1.807) is 0 Å². The Hall–Kier alpha value is -0.0800. The summed E-state index contributed by atoms with van der Waals surface area (Å²) in [4.78, 5) is 0. The van der Waals surface area contributed by atoms with Crippen LogP contribution in [0.15, 0.2) is 0 Å². The van der Waals surface area contributed by atoms with Crippen molar-refractivity contribution >= 4 is 0 Å². The van der Waals surface area contributed by atoms with Crippen LogP contribution in [0.4, 0.5) is 0 Å². The number of aliphatic hydroxyl groups is 1. The molecule has 0 bridgehead atoms. The molecule has 0 aromatic heterocycles. The van der Waals surface area contributed by atoms with Crippen molar-refractivity contribution in [2.75, 3.05) is 13.2 Å². The van der Waals surface area contributed by atoms with Crippen LogP contribution in [0, 0.1) is 11.8 Å². The first kappa shape index (κ1) is 12.0. The lowest BCUT2D eigenvalue weighted by Gasteiger charge is -2.28. The first-order chi connectivity index (χ1) is 6.76. The Kier molecular flexibility index (Phi) is 5.49. The minimum absolute atomic E-state index is 0.277. The summed E-state index contributed by atoms with van der Waals surface area (Å²) in [5, 5.41) is 12.5. The van der Waals surface area contributed by atoms with Crippen LogP contribution in [-0.2, 0) is 0 Å². The Morgan fingerprint density at radius 2 is 2.21 bits per heavy atom. The summed E-state index contributed by atoms with van der Waals surface area (Å²) in [6, 6.07) is 0.312. The maximum atomic E-state index is 9.04. The topological polar surface area (TPSA) is 32.3 Å². The molecule has 2 heteroatoms. The van der Waals surface area contributed by atoms with E-state index in [-0.39, 0.29) is 6.61 Å². The monoisotopic (exact) mass is 199 g/mol. The molecular formula is C12H25NO. The zero-order chi connectivity index (χ0) is 10.4. The third kappa shape index (κ3) is 3.97. The average Bonchev–Trinajstić information content (AvgIpc) is 2.19. The smallest absolute Gasteiger partial charge is 0.0584 e. The number of aliphatic hydroxyl groups excluding tert-OH is 1. The molecule has 0 radical (unpaired) electrons. The standard InChI is InChI=1S/C12H25NO/c1-3-12(9-14)13-8-11-6-4-5-10(2)7-11/h10-14H,3-9H2,1-2H3/t10?,11?,12-/m1/s1. The Balaban J connectivity index is 2.16. The minimum Gasteiger partial charge on any atom is -0.395 e. The van der Waals surface area contributed by atoms with Crippen molar-refractivity contribution in [2.24, 2.45) is 11.8 Å². The molecule has 0 aromatic carbocycles. The molecule has 0 heterocycles. The summed E-state index contributed by atoms with van der Waals surface area (Å²) in [7, 11) is 0. The molecule has 1 fully saturated rings. The van der Waals surface area contributed by atoms with E-state index in [2.05, 4.69) is 19.2 Å². The van der Waals surface area contributed by atoms with Crippen LogP contribution in [0.2, 0.25) is 0 Å². The average molecular weight is 199 g/mol. The predicted molar refractivity (Wildman–Crippen MR) is 60.3 cm³/mol. The first-order valence-electron chi connectivity index (χ1n) is 6.10. The van der Waals surface area contributed by atoms with E-state index in [9.17, 15) is 0 Å². The van der Waals surface area contributed by atoms with E-state index in [1.165, 1.54) is 25.7 Å². The fourth-order valence-corrected chi connectivity index (χ4v) is 2.42. The Bertz CT molecular complexity index is 145. The molecule has 1 rings (SSSR count). The van der Waals surface area contributed by atoms with Gasteiger partial charge in [-0.3, -0.25) is 0 Å². The van der Waals surface area contributed by atoms with Crippen molar-refractivity contribution in [3.8, 4) is 0 Å². The van der Waals surface area contributed by atoms with Gasteiger partial charge in [0.2, 0.25) is 0 Å². The Morgan fingerprint density at radius 1 is 1.43 bits per heavy atom. The zero-order valence-corrected chi connectivity index (χ0v) is 9.63. The van der Waals surface area contributed by atoms with E-state index < -0.39 is 0 Å². The van der Waals surface area contributed by atoms with Gasteiger partial charge in [0.05, 0.1) is 6.61 Å². The van der Waals surface area contributed by atoms with Gasteiger partial charge < -0.3 is 10.4 Å². The van der Waals surface area contributed by atoms with Crippen LogP contribution in [0.25, 0.3) is 0 Å². The molecule has 0 saturated heterocycles. The lowest BCUT2D eigenvalue weighted by molar-refractivity contribution is 0.216. The van der Waals surface area contributed by atoms with Crippen molar-refractivity contribution in [1.29, 1.82) is 0 Å². The maximum Gasteiger partial charge on any atom is 0.0584 e. The quantitative estimate of drug-likeness (QED) is 0.711. The molecule has 1 aliphatic rings. The third-order valence-corrected chi connectivity index (χ3v) is 3.45. The number of nitrogens with one attached hydrogen (secondary N) is 1. The predicted octanol–water partition coefficient (Wildman–Crippen LogP) is 2.17. The van der Waals surface area contributed by atoms with E-state index in [1.807, 2.05) is 0 Å². The normalized spacial score (nSPS) is 30.2. The molecule has 2 N–H and O–H groups in total. The summed E-state index contributed by atoms with van der Waals surface area (Å²) in [5.41, 5.74) is 0. The molecular weight excluding hydrogens is 174 g/mol. The molecule has 0 amide bonds. The summed E-state index contributed by atoms with van der Waals surface area (Å²) >= 11 is 0. The maximum absolute atomic E-state index is 9.04. The highest BCUT2D eigenvalue weighted by Gasteiger charge is 2.19. The summed E-state index contributed by atoms with van der Waals surface area (Å²) in [5.74, 6) is 1.75. The van der Waals surface area contributed by atoms with E-state index >= 15 is 0 Å². The van der Waals surface area contributed by atoms with Gasteiger partial charge in [-0.2, -0.15) is 0 Å². The van der Waals surface area contributed by atoms with E-state index in [0.29, 0.717) is 6.04 Å². The zero-order valence-electron chi connectivity index (χ0n) is 9.63. The van der Waals surface area contributed by atoms with E-state index in [4.69, 9.17) is 5.11 Å². The molecule has 0 spiro atoms. The number of hydrogen-bond acceptors (Lipinski definition) is 2. The molecule has 1 aliphatic carbocycles. The number of hydrogen-bond donors (Lipinski definition) is 2. The molecule has 0 aromatic rings. The fourth-order valence-electron chi connectivity index (χ4n) is 2.42. The summed E-state index contributed by atoms with van der Waals surface area (Å²) < 4.78 is 0. The van der Waals surface area contributed by atoms with Gasteiger partial charge in [0.25, 0.3) is 0 Å². The Labute approximate surface area is 88.1 Å². The van der Waals surface area contributed by atoms with Gasteiger partial charge in [-0.05, 0) is 37.6 Å². The van der Waals surface area contributed by atoms with Gasteiger partial charge in [-0.25, -0.2) is 0 Å². The van der Waals surface area contributed by atoms with Crippen LogP contribution >= 0.6 is 0 Å². The highest BCUT2D eigenvalue weighted by molar-refractivity contribution is 4.74. The second-order valence-electron chi connectivity index (χ2n) is 4.83. The van der Waals surface area contributed by atoms with Gasteiger partial charge >= 0.3 is 0 Å². The molecule has 3 atom stereocenters. The van der Waals surface area contributed by atoms with Crippen molar-refractivity contribution in [1.82, 2.24) is 5.32 Å². The summed E-state index contributed by atoms with van der Waals surface area (Å²) in [6.07, 6.45) is 6.57. The summed E-state index contributed by atoms with van der Waals surface area (Å²) in [6.45, 7) is 5.86. The van der Waals surface area contributed by atoms with Crippen LogP contribution in [0.3, 0.4) is 0 Å². The van der Waals surface area contributed by atoms with E-state index in [0.717, 1.165) is 24.8 Å². The first-order valence-corrected chi connectivity index (χ1v) is 6.10. The van der Waals surface area contributed by atoms with Gasteiger partial charge in [-0.15, -0.1) is 0 Å². The fraction of sp³-hybridized carbons (Fsp3) is 1.00. The van der Waals surface area contributed by atoms with Gasteiger partial charge in [0.1, 0.15) is 0 Å². The minimum atomic E-state index is 0.277. The second kappa shape index (κ2) is 6.41. The Morgan fingerprint density at radius 3 is 2.79 bits per heavy atom. The molecule has 0 aliphatic heterocycles. The highest BCUT2D eigenvalue weighted by Crippen LogP contribution is 2.27. The van der Waals surface area contributed by atoms with Crippen molar-refractivity contribution < 1.29 is 5.11 Å². The third-order valence-electron chi connectivity index (χ3n) is 3.45. The van der Waals surface area contributed by atoms with Crippen LogP contribution in [-0.4, -0.2) is 24.3 Å². The van der Waals surface area contributed by atoms with Crippen molar-refractivity contribution in [3.63, 3.8) is 0 Å². The van der Waals surface area contributed by atoms with Crippen LogP contribution < -0.4 is 5.32 Å². The molecule has 2 unspecified atom stereocenters. The SMILES string of the molecule is CC[C@H](CO)NCC1CCCC(C)C1. The van der Waals surface area contributed by atoms with Gasteiger partial charge in [0.15, 0.2) is 0 Å². The molecule has 2 nitrogen and oxygen atoms in total. The largest absolute Gasteiger partial charge is 0.395 e. The van der Waals surface area contributed by atoms with Gasteiger partial charge in [0, 0.05) is 6.04 Å². The molecule has 14 heavy (non-hydrogen) atoms.